The predicted molar refractivity (Wildman–Crippen MR) is 64.2 cm³/mol. The normalized spacial score (nSPS) is 10.7. The zero-order valence-electron chi connectivity index (χ0n) is 9.82. The number of oxime groups is 1. The molecule has 0 aromatic heterocycles. The van der Waals surface area contributed by atoms with Gasteiger partial charge in [-0.2, -0.15) is 0 Å². The van der Waals surface area contributed by atoms with E-state index in [0.29, 0.717) is 0 Å². The molecule has 9 nitrogen and oxygen atoms in total. The maximum atomic E-state index is 11.5. The molecule has 0 unspecified atom stereocenters. The minimum absolute atomic E-state index is 0.0408. The van der Waals surface area contributed by atoms with Gasteiger partial charge in [-0.05, 0) is 12.1 Å². The Bertz CT molecular complexity index is 537. The minimum atomic E-state index is -0.887. The number of rotatable bonds is 3. The highest BCUT2D eigenvalue weighted by atomic mass is 16.7. The van der Waals surface area contributed by atoms with Gasteiger partial charge in [0, 0.05) is 19.2 Å². The van der Waals surface area contributed by atoms with Crippen molar-refractivity contribution in [2.24, 2.45) is 10.9 Å². The van der Waals surface area contributed by atoms with Crippen LogP contribution in [-0.4, -0.2) is 29.7 Å². The van der Waals surface area contributed by atoms with E-state index >= 15 is 0 Å². The van der Waals surface area contributed by atoms with E-state index in [9.17, 15) is 19.7 Å². The van der Waals surface area contributed by atoms with Crippen molar-refractivity contribution in [1.82, 2.24) is 5.32 Å². The molecule has 0 atom stereocenters. The summed E-state index contributed by atoms with van der Waals surface area (Å²) < 4.78 is 0. The highest BCUT2D eigenvalue weighted by Crippen LogP contribution is 2.12. The monoisotopic (exact) mass is 266 g/mol. The van der Waals surface area contributed by atoms with Crippen molar-refractivity contribution in [2.75, 3.05) is 7.05 Å². The van der Waals surface area contributed by atoms with E-state index in [1.807, 2.05) is 0 Å². The van der Waals surface area contributed by atoms with E-state index in [1.165, 1.54) is 19.2 Å². The molecule has 0 heterocycles. The number of non-ortho nitro benzene ring substituents is 1. The summed E-state index contributed by atoms with van der Waals surface area (Å²) in [5.41, 5.74) is 5.07. The van der Waals surface area contributed by atoms with Gasteiger partial charge in [0.15, 0.2) is 0 Å². The Kier molecular flexibility index (Phi) is 4.52. The van der Waals surface area contributed by atoms with Crippen molar-refractivity contribution in [2.45, 2.75) is 0 Å². The van der Waals surface area contributed by atoms with E-state index in [4.69, 9.17) is 5.73 Å². The zero-order chi connectivity index (χ0) is 14.4. The lowest BCUT2D eigenvalue weighted by molar-refractivity contribution is -0.384. The second-order valence-corrected chi connectivity index (χ2v) is 3.24. The number of benzene rings is 1. The molecule has 0 aliphatic heterocycles. The molecule has 0 bridgehead atoms. The highest BCUT2D eigenvalue weighted by Gasteiger charge is 2.12. The minimum Gasteiger partial charge on any atom is -0.376 e. The van der Waals surface area contributed by atoms with Gasteiger partial charge in [0.2, 0.25) is 5.84 Å². The van der Waals surface area contributed by atoms with Crippen LogP contribution < -0.4 is 11.1 Å². The summed E-state index contributed by atoms with van der Waals surface area (Å²) >= 11 is 0. The molecule has 0 aliphatic carbocycles. The fourth-order valence-corrected chi connectivity index (χ4v) is 1.03. The van der Waals surface area contributed by atoms with Crippen LogP contribution in [0.3, 0.4) is 0 Å². The van der Waals surface area contributed by atoms with Gasteiger partial charge in [0.1, 0.15) is 0 Å². The molecule has 1 aromatic carbocycles. The number of nitrogens with two attached hydrogens (primary N) is 1. The van der Waals surface area contributed by atoms with Crippen LogP contribution in [0.4, 0.5) is 5.69 Å². The third-order valence-electron chi connectivity index (χ3n) is 2.00. The molecule has 100 valence electrons. The highest BCUT2D eigenvalue weighted by molar-refractivity contribution is 6.37. The lowest BCUT2D eigenvalue weighted by Gasteiger charge is -1.99. The van der Waals surface area contributed by atoms with E-state index in [0.717, 1.165) is 12.1 Å². The molecule has 0 saturated heterocycles. The molecule has 9 heteroatoms. The predicted octanol–water partition coefficient (Wildman–Crippen LogP) is -0.230. The molecule has 1 amide bonds. The van der Waals surface area contributed by atoms with Gasteiger partial charge in [-0.1, -0.05) is 5.16 Å². The van der Waals surface area contributed by atoms with E-state index in [1.54, 1.807) is 0 Å². The summed E-state index contributed by atoms with van der Waals surface area (Å²) in [4.78, 5) is 36.6. The number of carbonyl (C=O) groups is 2. The van der Waals surface area contributed by atoms with Gasteiger partial charge < -0.3 is 15.9 Å². The molecule has 0 fully saturated rings. The number of likely N-dealkylation sites (N-methyl/N-ethyl adjacent to an activating group) is 1. The van der Waals surface area contributed by atoms with Gasteiger partial charge in [-0.25, -0.2) is 4.79 Å². The SMILES string of the molecule is CNC(=O)C(N)=NOC(=O)c1ccc([N+](=O)[O-])cc1. The fraction of sp³-hybridized carbons (Fsp3) is 0.100. The van der Waals surface area contributed by atoms with Crippen LogP contribution in [0.1, 0.15) is 10.4 Å². The molecule has 0 saturated carbocycles. The second kappa shape index (κ2) is 6.10. The largest absolute Gasteiger partial charge is 0.376 e. The first-order chi connectivity index (χ1) is 8.95. The van der Waals surface area contributed by atoms with E-state index < -0.39 is 22.6 Å². The Balaban J connectivity index is 2.74. The molecule has 1 aromatic rings. The summed E-state index contributed by atoms with van der Waals surface area (Å²) in [5.74, 6) is -2.10. The maximum absolute atomic E-state index is 11.5. The third kappa shape index (κ3) is 3.77. The van der Waals surface area contributed by atoms with Gasteiger partial charge >= 0.3 is 5.97 Å². The molecular formula is C10H10N4O5. The number of amidine groups is 1. The Hall–Kier alpha value is -2.97. The number of nitrogens with zero attached hydrogens (tertiary/aromatic N) is 2. The van der Waals surface area contributed by atoms with Gasteiger partial charge in [-0.3, -0.25) is 14.9 Å². The Morgan fingerprint density at radius 3 is 2.42 bits per heavy atom. The van der Waals surface area contributed by atoms with Crippen LogP contribution in [-0.2, 0) is 9.63 Å². The van der Waals surface area contributed by atoms with Crippen molar-refractivity contribution >= 4 is 23.4 Å². The molecule has 19 heavy (non-hydrogen) atoms. The number of nitro groups is 1. The number of carbonyl (C=O) groups excluding carboxylic acids is 2. The maximum Gasteiger partial charge on any atom is 0.365 e. The average molecular weight is 266 g/mol. The van der Waals surface area contributed by atoms with E-state index in [-0.39, 0.29) is 11.3 Å². The number of hydrogen-bond acceptors (Lipinski definition) is 6. The van der Waals surface area contributed by atoms with Crippen LogP contribution in [0, 0.1) is 10.1 Å². The second-order valence-electron chi connectivity index (χ2n) is 3.24. The van der Waals surface area contributed by atoms with Gasteiger partial charge in [0.05, 0.1) is 10.5 Å². The van der Waals surface area contributed by atoms with Crippen LogP contribution >= 0.6 is 0 Å². The van der Waals surface area contributed by atoms with Crippen molar-refractivity contribution in [1.29, 1.82) is 0 Å². The Morgan fingerprint density at radius 1 is 1.37 bits per heavy atom. The quantitative estimate of drug-likeness (QED) is 0.255. The smallest absolute Gasteiger partial charge is 0.365 e. The Labute approximate surface area is 107 Å². The van der Waals surface area contributed by atoms with Crippen molar-refractivity contribution < 1.29 is 19.3 Å². The molecular weight excluding hydrogens is 256 g/mol. The van der Waals surface area contributed by atoms with Crippen LogP contribution in [0.2, 0.25) is 0 Å². The van der Waals surface area contributed by atoms with E-state index in [2.05, 4.69) is 15.3 Å². The van der Waals surface area contributed by atoms with Crippen molar-refractivity contribution in [3.8, 4) is 0 Å². The summed E-state index contributed by atoms with van der Waals surface area (Å²) in [7, 11) is 1.34. The molecule has 0 spiro atoms. The van der Waals surface area contributed by atoms with Crippen LogP contribution in [0.25, 0.3) is 0 Å². The first-order valence-electron chi connectivity index (χ1n) is 4.97. The third-order valence-corrected chi connectivity index (χ3v) is 2.00. The number of nitrogens with one attached hydrogen (secondary N) is 1. The molecule has 3 N–H and O–H groups in total. The van der Waals surface area contributed by atoms with Crippen molar-refractivity contribution in [3.63, 3.8) is 0 Å². The molecule has 0 aliphatic rings. The lowest BCUT2D eigenvalue weighted by atomic mass is 10.2. The topological polar surface area (TPSA) is 137 Å². The summed E-state index contributed by atoms with van der Waals surface area (Å²) in [6.45, 7) is 0. The molecule has 1 rings (SSSR count). The van der Waals surface area contributed by atoms with Crippen LogP contribution in [0.15, 0.2) is 29.4 Å². The first-order valence-corrected chi connectivity index (χ1v) is 4.97. The number of nitro benzene ring substituents is 1. The van der Waals surface area contributed by atoms with Crippen molar-refractivity contribution in [3.05, 3.63) is 39.9 Å². The average Bonchev–Trinajstić information content (AvgIpc) is 2.43. The van der Waals surface area contributed by atoms with Gasteiger partial charge in [0.25, 0.3) is 11.6 Å². The number of amides is 1. The van der Waals surface area contributed by atoms with Crippen LogP contribution in [0.5, 0.6) is 0 Å². The van der Waals surface area contributed by atoms with Gasteiger partial charge in [-0.15, -0.1) is 0 Å². The zero-order valence-corrected chi connectivity index (χ0v) is 9.82. The standard InChI is InChI=1S/C10H10N4O5/c1-12-9(15)8(11)13-19-10(16)6-2-4-7(5-3-6)14(17)18/h2-5H,1H3,(H2,11,13)(H,12,15). The summed E-state index contributed by atoms with van der Waals surface area (Å²) in [6, 6.07) is 4.68. The number of hydrogen-bond donors (Lipinski definition) is 2. The lowest BCUT2D eigenvalue weighted by Crippen LogP contribution is -2.34. The fourth-order valence-electron chi connectivity index (χ4n) is 1.03. The summed E-state index contributed by atoms with van der Waals surface area (Å²) in [5, 5.41) is 15.7. The Morgan fingerprint density at radius 2 is 1.95 bits per heavy atom. The first kappa shape index (κ1) is 14.1. The summed E-state index contributed by atoms with van der Waals surface area (Å²) in [6.07, 6.45) is 0. The molecule has 0 radical (unpaired) electrons.